The summed E-state index contributed by atoms with van der Waals surface area (Å²) >= 11 is 0. The van der Waals surface area contributed by atoms with Gasteiger partial charge >= 0.3 is 5.97 Å². The van der Waals surface area contributed by atoms with Gasteiger partial charge in [0.25, 0.3) is 5.91 Å². The number of hydrogen-bond donors (Lipinski definition) is 1. The number of hydrogen-bond acceptors (Lipinski definition) is 4. The number of nitrogens with one attached hydrogen (secondary N) is 1. The summed E-state index contributed by atoms with van der Waals surface area (Å²) in [5.41, 5.74) is 1.93. The molecule has 5 nitrogen and oxygen atoms in total. The maximum Gasteiger partial charge on any atom is 0.306 e. The van der Waals surface area contributed by atoms with Crippen LogP contribution >= 0.6 is 0 Å². The maximum atomic E-state index is 12.4. The van der Waals surface area contributed by atoms with Gasteiger partial charge in [-0.3, -0.25) is 9.59 Å². The molecule has 2 bridgehead atoms. The van der Waals surface area contributed by atoms with E-state index < -0.39 is 6.10 Å². The number of carbonyl (C=O) groups excluding carboxylic acids is 2. The van der Waals surface area contributed by atoms with Crippen molar-refractivity contribution in [1.29, 1.82) is 0 Å². The molecule has 146 valence electrons. The fourth-order valence-electron chi connectivity index (χ4n) is 5.11. The zero-order valence-corrected chi connectivity index (χ0v) is 16.2. The molecule has 2 aliphatic carbocycles. The third kappa shape index (κ3) is 4.28. The zero-order chi connectivity index (χ0) is 18.8. The first-order valence-electron chi connectivity index (χ1n) is 10.4. The molecule has 1 N–H and O–H groups in total. The number of carbonyl (C=O) groups is 2. The topological polar surface area (TPSA) is 58.6 Å². The molecule has 5 heteroatoms. The second-order valence-corrected chi connectivity index (χ2v) is 8.50. The molecule has 2 saturated carbocycles. The minimum atomic E-state index is -0.769. The van der Waals surface area contributed by atoms with E-state index in [1.807, 2.05) is 24.3 Å². The lowest BCUT2D eigenvalue weighted by atomic mass is 9.86. The van der Waals surface area contributed by atoms with Crippen molar-refractivity contribution in [3.63, 3.8) is 0 Å². The molecule has 0 unspecified atom stereocenters. The van der Waals surface area contributed by atoms with Crippen LogP contribution in [0.1, 0.15) is 51.9 Å². The van der Waals surface area contributed by atoms with Crippen LogP contribution in [0, 0.1) is 17.8 Å². The van der Waals surface area contributed by atoms with Crippen molar-refractivity contribution in [3.8, 4) is 0 Å². The number of fused-ring (bicyclic) bond motifs is 2. The first-order valence-corrected chi connectivity index (χ1v) is 10.4. The van der Waals surface area contributed by atoms with Gasteiger partial charge in [0, 0.05) is 30.9 Å². The number of benzene rings is 1. The molecule has 0 aromatic heterocycles. The SMILES string of the molecule is C[C@H](OC(=O)C[C@@H]1C[C@H]2CC[C@H]1C2)C(=O)Nc1ccc(N2CCCC2)cc1. The van der Waals surface area contributed by atoms with Crippen molar-refractivity contribution in [1.82, 2.24) is 0 Å². The van der Waals surface area contributed by atoms with Gasteiger partial charge in [0.05, 0.1) is 0 Å². The van der Waals surface area contributed by atoms with Gasteiger partial charge < -0.3 is 15.0 Å². The first kappa shape index (κ1) is 18.3. The number of esters is 1. The molecule has 4 rings (SSSR count). The standard InChI is InChI=1S/C22H30N2O3/c1-15(27-21(25)14-18-13-16-4-5-17(18)12-16)22(26)23-19-6-8-20(9-7-19)24-10-2-3-11-24/h6-9,15-18H,2-5,10-14H2,1H3,(H,23,26)/t15-,16-,17-,18-/m0/s1. The van der Waals surface area contributed by atoms with Crippen molar-refractivity contribution in [3.05, 3.63) is 24.3 Å². The molecule has 1 heterocycles. The molecule has 0 spiro atoms. The van der Waals surface area contributed by atoms with Gasteiger partial charge in [0.2, 0.25) is 0 Å². The highest BCUT2D eigenvalue weighted by molar-refractivity contribution is 5.95. The summed E-state index contributed by atoms with van der Waals surface area (Å²) in [6, 6.07) is 7.89. The number of nitrogens with zero attached hydrogens (tertiary/aromatic N) is 1. The van der Waals surface area contributed by atoms with Crippen molar-refractivity contribution in [2.75, 3.05) is 23.3 Å². The minimum Gasteiger partial charge on any atom is -0.453 e. The minimum absolute atomic E-state index is 0.236. The van der Waals surface area contributed by atoms with Crippen LogP contribution in [0.25, 0.3) is 0 Å². The normalized spacial score (nSPS) is 27.6. The van der Waals surface area contributed by atoms with Crippen LogP contribution in [0.2, 0.25) is 0 Å². The van der Waals surface area contributed by atoms with E-state index in [1.54, 1.807) is 6.92 Å². The molecule has 1 amide bonds. The van der Waals surface area contributed by atoms with Crippen molar-refractivity contribution < 1.29 is 14.3 Å². The molecular formula is C22H30N2O3. The highest BCUT2D eigenvalue weighted by atomic mass is 16.5. The molecule has 27 heavy (non-hydrogen) atoms. The Morgan fingerprint density at radius 1 is 1.15 bits per heavy atom. The third-order valence-corrected chi connectivity index (χ3v) is 6.60. The van der Waals surface area contributed by atoms with Gasteiger partial charge in [0.15, 0.2) is 6.10 Å². The van der Waals surface area contributed by atoms with Gasteiger partial charge in [-0.2, -0.15) is 0 Å². The largest absolute Gasteiger partial charge is 0.453 e. The Labute approximate surface area is 161 Å². The van der Waals surface area contributed by atoms with Crippen molar-refractivity contribution in [2.24, 2.45) is 17.8 Å². The maximum absolute atomic E-state index is 12.4. The molecule has 4 atom stereocenters. The lowest BCUT2D eigenvalue weighted by Gasteiger charge is -2.21. The average molecular weight is 370 g/mol. The average Bonchev–Trinajstić information content (AvgIpc) is 3.40. The lowest BCUT2D eigenvalue weighted by molar-refractivity contribution is -0.154. The highest BCUT2D eigenvalue weighted by Gasteiger charge is 2.40. The van der Waals surface area contributed by atoms with Crippen LogP contribution in [-0.2, 0) is 14.3 Å². The first-order chi connectivity index (χ1) is 13.1. The lowest BCUT2D eigenvalue weighted by Crippen LogP contribution is -2.31. The summed E-state index contributed by atoms with van der Waals surface area (Å²) in [6.45, 7) is 3.84. The summed E-state index contributed by atoms with van der Waals surface area (Å²) in [5, 5.41) is 2.85. The predicted molar refractivity (Wildman–Crippen MR) is 106 cm³/mol. The van der Waals surface area contributed by atoms with Crippen LogP contribution < -0.4 is 10.2 Å². The second kappa shape index (κ2) is 7.91. The van der Waals surface area contributed by atoms with Gasteiger partial charge in [-0.1, -0.05) is 6.42 Å². The second-order valence-electron chi connectivity index (χ2n) is 8.50. The molecule has 0 radical (unpaired) electrons. The molecule has 1 saturated heterocycles. The summed E-state index contributed by atoms with van der Waals surface area (Å²) in [6.07, 6.45) is 7.19. The van der Waals surface area contributed by atoms with Gasteiger partial charge in [-0.25, -0.2) is 0 Å². The Bertz CT molecular complexity index is 681. The molecule has 3 aliphatic rings. The molecular weight excluding hydrogens is 340 g/mol. The molecule has 1 aromatic carbocycles. The van der Waals surface area contributed by atoms with E-state index in [4.69, 9.17) is 4.74 Å². The van der Waals surface area contributed by atoms with Crippen molar-refractivity contribution >= 4 is 23.3 Å². The Hall–Kier alpha value is -2.04. The summed E-state index contributed by atoms with van der Waals surface area (Å²) in [4.78, 5) is 26.9. The van der Waals surface area contributed by atoms with Crippen LogP contribution in [-0.4, -0.2) is 31.1 Å². The van der Waals surface area contributed by atoms with E-state index >= 15 is 0 Å². The number of amides is 1. The Balaban J connectivity index is 1.24. The van der Waals surface area contributed by atoms with E-state index in [2.05, 4.69) is 10.2 Å². The van der Waals surface area contributed by atoms with E-state index in [0.717, 1.165) is 31.1 Å². The quantitative estimate of drug-likeness (QED) is 0.770. The number of rotatable bonds is 6. The third-order valence-electron chi connectivity index (χ3n) is 6.60. The monoisotopic (exact) mass is 370 g/mol. The number of ether oxygens (including phenoxy) is 1. The molecule has 3 fully saturated rings. The van der Waals surface area contributed by atoms with E-state index in [-0.39, 0.29) is 11.9 Å². The summed E-state index contributed by atoms with van der Waals surface area (Å²) in [7, 11) is 0. The predicted octanol–water partition coefficient (Wildman–Crippen LogP) is 3.98. The Kier molecular flexibility index (Phi) is 5.37. The van der Waals surface area contributed by atoms with Gasteiger partial charge in [-0.15, -0.1) is 0 Å². The summed E-state index contributed by atoms with van der Waals surface area (Å²) < 4.78 is 5.40. The van der Waals surface area contributed by atoms with E-state index in [0.29, 0.717) is 18.3 Å². The van der Waals surface area contributed by atoms with Crippen LogP contribution in [0.15, 0.2) is 24.3 Å². The zero-order valence-electron chi connectivity index (χ0n) is 16.2. The Morgan fingerprint density at radius 2 is 1.89 bits per heavy atom. The number of anilines is 2. The van der Waals surface area contributed by atoms with Crippen LogP contribution in [0.4, 0.5) is 11.4 Å². The van der Waals surface area contributed by atoms with Crippen LogP contribution in [0.5, 0.6) is 0 Å². The van der Waals surface area contributed by atoms with E-state index in [1.165, 1.54) is 37.8 Å². The van der Waals surface area contributed by atoms with Crippen molar-refractivity contribution in [2.45, 2.75) is 58.0 Å². The highest BCUT2D eigenvalue weighted by Crippen LogP contribution is 2.49. The fourth-order valence-corrected chi connectivity index (χ4v) is 5.11. The van der Waals surface area contributed by atoms with E-state index in [9.17, 15) is 9.59 Å². The summed E-state index contributed by atoms with van der Waals surface area (Å²) in [5.74, 6) is 1.47. The smallest absolute Gasteiger partial charge is 0.306 e. The fraction of sp³-hybridized carbons (Fsp3) is 0.636. The van der Waals surface area contributed by atoms with Gasteiger partial charge in [-0.05, 0) is 81.0 Å². The molecule has 1 aliphatic heterocycles. The Morgan fingerprint density at radius 3 is 2.52 bits per heavy atom. The van der Waals surface area contributed by atoms with Crippen LogP contribution in [0.3, 0.4) is 0 Å². The van der Waals surface area contributed by atoms with Gasteiger partial charge in [0.1, 0.15) is 0 Å². The molecule has 1 aromatic rings.